The van der Waals surface area contributed by atoms with Gasteiger partial charge < -0.3 is 44.0 Å². The van der Waals surface area contributed by atoms with Crippen LogP contribution in [0.25, 0.3) is 0 Å². The van der Waals surface area contributed by atoms with E-state index in [0.717, 1.165) is 0 Å². The summed E-state index contributed by atoms with van der Waals surface area (Å²) in [6.07, 6.45) is 0.100. The van der Waals surface area contributed by atoms with Crippen LogP contribution in [0.3, 0.4) is 0 Å². The average molecular weight is 402 g/mol. The van der Waals surface area contributed by atoms with E-state index in [4.69, 9.17) is 28.0 Å². The number of guanidine groups is 1. The predicted molar refractivity (Wildman–Crippen MR) is 97.3 cm³/mol. The summed E-state index contributed by atoms with van der Waals surface area (Å²) in [5.74, 6) is -4.55. The van der Waals surface area contributed by atoms with Gasteiger partial charge in [0.25, 0.3) is 0 Å². The lowest BCUT2D eigenvalue weighted by molar-refractivity contribution is -0.138. The number of rotatable bonds is 13. The summed E-state index contributed by atoms with van der Waals surface area (Å²) in [6.45, 7) is -0.910. The van der Waals surface area contributed by atoms with E-state index in [1.54, 1.807) is 0 Å². The molecule has 0 aliphatic heterocycles. The highest BCUT2D eigenvalue weighted by Gasteiger charge is 2.25. The van der Waals surface area contributed by atoms with Crippen molar-refractivity contribution in [2.24, 2.45) is 27.9 Å². The minimum absolute atomic E-state index is 0.0939. The van der Waals surface area contributed by atoms with Crippen molar-refractivity contribution in [3.05, 3.63) is 0 Å². The number of hydrogen-bond acceptors (Lipinski definition) is 7. The maximum absolute atomic E-state index is 12.1. The topological polar surface area (TPSA) is 258 Å². The molecule has 0 aromatic heterocycles. The van der Waals surface area contributed by atoms with Crippen LogP contribution in [0.5, 0.6) is 0 Å². The molecule has 0 fully saturated rings. The highest BCUT2D eigenvalue weighted by atomic mass is 16.4. The molecule has 14 heteroatoms. The smallest absolute Gasteiger partial charge is 0.322 e. The van der Waals surface area contributed by atoms with Crippen LogP contribution >= 0.6 is 0 Å². The number of carbonyl (C=O) groups excluding carboxylic acids is 4. The molecule has 0 radical (unpaired) electrons. The number of primary amides is 1. The van der Waals surface area contributed by atoms with Crippen molar-refractivity contribution in [1.82, 2.24) is 16.0 Å². The van der Waals surface area contributed by atoms with Gasteiger partial charge in [-0.05, 0) is 12.8 Å². The largest absolute Gasteiger partial charge is 0.480 e. The predicted octanol–water partition coefficient (Wildman–Crippen LogP) is -4.96. The second-order valence-electron chi connectivity index (χ2n) is 5.68. The van der Waals surface area contributed by atoms with E-state index in [2.05, 4.69) is 15.6 Å². The molecule has 12 N–H and O–H groups in total. The molecule has 0 rings (SSSR count). The molecule has 0 saturated carbocycles. The third kappa shape index (κ3) is 12.0. The highest BCUT2D eigenvalue weighted by Crippen LogP contribution is 1.99. The molecule has 0 heterocycles. The van der Waals surface area contributed by atoms with Crippen LogP contribution in [0.2, 0.25) is 0 Å². The summed E-state index contributed by atoms with van der Waals surface area (Å²) in [6, 6.07) is -2.34. The highest BCUT2D eigenvalue weighted by molar-refractivity contribution is 5.94. The SMILES string of the molecule is NC(=O)C[C@H](NC(=O)[C@@H](N)CCCN=C(N)N)C(=O)NCC(=O)NCC(=O)O. The number of carboxylic acid groups (broad SMARTS) is 1. The normalized spacial score (nSPS) is 12.2. The molecule has 0 saturated heterocycles. The number of nitrogens with one attached hydrogen (secondary N) is 3. The van der Waals surface area contributed by atoms with Crippen molar-refractivity contribution in [3.8, 4) is 0 Å². The number of amides is 4. The van der Waals surface area contributed by atoms with E-state index in [9.17, 15) is 24.0 Å². The Kier molecular flexibility index (Phi) is 11.3. The molecule has 28 heavy (non-hydrogen) atoms. The lowest BCUT2D eigenvalue weighted by atomic mass is 10.1. The van der Waals surface area contributed by atoms with Crippen molar-refractivity contribution in [2.45, 2.75) is 31.3 Å². The lowest BCUT2D eigenvalue weighted by Gasteiger charge is -2.19. The van der Waals surface area contributed by atoms with Crippen LogP contribution in [0, 0.1) is 0 Å². The van der Waals surface area contributed by atoms with Gasteiger partial charge >= 0.3 is 5.97 Å². The average Bonchev–Trinajstić information content (AvgIpc) is 2.59. The third-order valence-electron chi connectivity index (χ3n) is 3.20. The van der Waals surface area contributed by atoms with Gasteiger partial charge in [0.15, 0.2) is 5.96 Å². The minimum atomic E-state index is -1.35. The summed E-state index contributed by atoms with van der Waals surface area (Å²) in [7, 11) is 0. The Morgan fingerprint density at radius 1 is 0.964 bits per heavy atom. The Morgan fingerprint density at radius 2 is 1.61 bits per heavy atom. The van der Waals surface area contributed by atoms with Gasteiger partial charge in [0.05, 0.1) is 19.0 Å². The monoisotopic (exact) mass is 402 g/mol. The van der Waals surface area contributed by atoms with E-state index >= 15 is 0 Å². The van der Waals surface area contributed by atoms with Crippen LogP contribution < -0.4 is 38.9 Å². The first-order valence-corrected chi connectivity index (χ1v) is 8.18. The van der Waals surface area contributed by atoms with Gasteiger partial charge in [0.2, 0.25) is 23.6 Å². The van der Waals surface area contributed by atoms with Crippen LogP contribution in [-0.4, -0.2) is 72.4 Å². The number of aliphatic carboxylic acids is 1. The molecular weight excluding hydrogens is 376 g/mol. The Labute approximate surface area is 160 Å². The zero-order chi connectivity index (χ0) is 21.7. The maximum atomic E-state index is 12.1. The molecule has 158 valence electrons. The Hall–Kier alpha value is -3.42. The summed E-state index contributed by atoms with van der Waals surface area (Å²) < 4.78 is 0. The second-order valence-corrected chi connectivity index (χ2v) is 5.68. The zero-order valence-corrected chi connectivity index (χ0v) is 15.1. The molecule has 0 aromatic rings. The summed E-state index contributed by atoms with van der Waals surface area (Å²) in [5, 5.41) is 14.9. The fourth-order valence-electron chi connectivity index (χ4n) is 1.87. The molecule has 0 unspecified atom stereocenters. The number of carboxylic acids is 1. The molecular formula is C14H26N8O6. The van der Waals surface area contributed by atoms with Crippen LogP contribution in [0.1, 0.15) is 19.3 Å². The standard InChI is InChI=1S/C14H26N8O6/c15-7(2-1-3-19-14(17)18)12(27)22-8(4-9(16)23)13(28)21-5-10(24)20-6-11(25)26/h7-8H,1-6,15H2,(H2,16,23)(H,20,24)(H,21,28)(H,22,27)(H,25,26)(H4,17,18,19)/t7-,8-/m0/s1. The van der Waals surface area contributed by atoms with Crippen molar-refractivity contribution < 1.29 is 29.1 Å². The van der Waals surface area contributed by atoms with Crippen LogP contribution in [-0.2, 0) is 24.0 Å². The number of hydrogen-bond donors (Lipinski definition) is 8. The molecule has 14 nitrogen and oxygen atoms in total. The van der Waals surface area contributed by atoms with Crippen molar-refractivity contribution in [1.29, 1.82) is 0 Å². The van der Waals surface area contributed by atoms with E-state index < -0.39 is 61.2 Å². The third-order valence-corrected chi connectivity index (χ3v) is 3.20. The van der Waals surface area contributed by atoms with Gasteiger partial charge in [-0.3, -0.25) is 29.0 Å². The fraction of sp³-hybridized carbons (Fsp3) is 0.571. The van der Waals surface area contributed by atoms with Gasteiger partial charge in [0, 0.05) is 6.54 Å². The Balaban J connectivity index is 4.62. The van der Waals surface area contributed by atoms with E-state index in [0.29, 0.717) is 6.42 Å². The maximum Gasteiger partial charge on any atom is 0.322 e. The van der Waals surface area contributed by atoms with Crippen LogP contribution in [0.4, 0.5) is 0 Å². The molecule has 0 bridgehead atoms. The summed E-state index contributed by atoms with van der Waals surface area (Å²) in [5.41, 5.74) is 21.1. The lowest BCUT2D eigenvalue weighted by Crippen LogP contribution is -2.54. The van der Waals surface area contributed by atoms with Gasteiger partial charge in [-0.1, -0.05) is 0 Å². The Bertz CT molecular complexity index is 619. The fourth-order valence-corrected chi connectivity index (χ4v) is 1.87. The van der Waals surface area contributed by atoms with Gasteiger partial charge in [-0.15, -0.1) is 0 Å². The first-order valence-electron chi connectivity index (χ1n) is 8.18. The van der Waals surface area contributed by atoms with Gasteiger partial charge in [-0.25, -0.2) is 0 Å². The summed E-state index contributed by atoms with van der Waals surface area (Å²) >= 11 is 0. The number of nitrogens with zero attached hydrogens (tertiary/aromatic N) is 1. The molecule has 4 amide bonds. The zero-order valence-electron chi connectivity index (χ0n) is 15.1. The second kappa shape index (κ2) is 12.9. The molecule has 0 aliphatic carbocycles. The number of nitrogens with two attached hydrogens (primary N) is 4. The number of carbonyl (C=O) groups is 5. The molecule has 0 aliphatic rings. The molecule has 0 spiro atoms. The number of aliphatic imine (C=N–C) groups is 1. The van der Waals surface area contributed by atoms with Gasteiger partial charge in [-0.2, -0.15) is 0 Å². The van der Waals surface area contributed by atoms with Gasteiger partial charge in [0.1, 0.15) is 12.6 Å². The van der Waals surface area contributed by atoms with Crippen molar-refractivity contribution in [2.75, 3.05) is 19.6 Å². The first-order chi connectivity index (χ1) is 13.0. The van der Waals surface area contributed by atoms with E-state index in [1.807, 2.05) is 5.32 Å². The summed E-state index contributed by atoms with van der Waals surface area (Å²) in [4.78, 5) is 60.8. The van der Waals surface area contributed by atoms with Crippen molar-refractivity contribution in [3.63, 3.8) is 0 Å². The molecule has 2 atom stereocenters. The first kappa shape index (κ1) is 24.6. The molecule has 0 aromatic carbocycles. The van der Waals surface area contributed by atoms with Crippen molar-refractivity contribution >= 4 is 35.6 Å². The quantitative estimate of drug-likeness (QED) is 0.0832. The minimum Gasteiger partial charge on any atom is -0.480 e. The van der Waals surface area contributed by atoms with E-state index in [1.165, 1.54) is 0 Å². The Morgan fingerprint density at radius 3 is 2.14 bits per heavy atom. The van der Waals surface area contributed by atoms with Crippen LogP contribution in [0.15, 0.2) is 4.99 Å². The van der Waals surface area contributed by atoms with E-state index in [-0.39, 0.29) is 18.9 Å².